The molecule has 0 fully saturated rings. The summed E-state index contributed by atoms with van der Waals surface area (Å²) in [5.41, 5.74) is 6.99. The quantitative estimate of drug-likeness (QED) is 0.834. The van der Waals surface area contributed by atoms with E-state index in [1.165, 1.54) is 0 Å². The van der Waals surface area contributed by atoms with Gasteiger partial charge in [-0.05, 0) is 30.5 Å². The molecule has 1 aromatic carbocycles. The number of carbonyl (C=O) groups is 3. The molecule has 0 spiro atoms. The number of allylic oxidation sites excluding steroid dienone is 4. The smallest absolute Gasteiger partial charge is 0.255 e. The lowest BCUT2D eigenvalue weighted by Gasteiger charge is -2.36. The molecule has 1 amide bonds. The van der Waals surface area contributed by atoms with E-state index in [0.29, 0.717) is 59.1 Å². The van der Waals surface area contributed by atoms with Gasteiger partial charge < -0.3 is 15.2 Å². The molecule has 4 rings (SSSR count). The van der Waals surface area contributed by atoms with Crippen molar-refractivity contribution in [1.29, 1.82) is 0 Å². The molecule has 0 radical (unpaired) electrons. The van der Waals surface area contributed by atoms with Gasteiger partial charge in [0.2, 0.25) is 0 Å². The first-order valence-electron chi connectivity index (χ1n) is 9.36. The second kappa shape index (κ2) is 7.43. The molecule has 3 aliphatic rings. The average molecular weight is 402 g/mol. The first-order chi connectivity index (χ1) is 13.5. The fraction of sp³-hybridized carbons (Fsp3) is 0.381. The van der Waals surface area contributed by atoms with E-state index < -0.39 is 11.8 Å². The summed E-state index contributed by atoms with van der Waals surface area (Å²) >= 11 is 6.34. The van der Waals surface area contributed by atoms with Crippen molar-refractivity contribution in [3.8, 4) is 5.75 Å². The predicted molar refractivity (Wildman–Crippen MR) is 102 cm³/mol. The Hall–Kier alpha value is -2.60. The molecule has 2 N–H and O–H groups in total. The zero-order valence-electron chi connectivity index (χ0n) is 15.3. The first kappa shape index (κ1) is 18.7. The molecule has 1 aromatic rings. The topological polar surface area (TPSA) is 95.7 Å². The largest absolute Gasteiger partial charge is 0.482 e. The van der Waals surface area contributed by atoms with Gasteiger partial charge in [-0.3, -0.25) is 14.4 Å². The van der Waals surface area contributed by atoms with Crippen LogP contribution in [0.1, 0.15) is 50.0 Å². The van der Waals surface area contributed by atoms with Gasteiger partial charge in [-0.1, -0.05) is 17.7 Å². The van der Waals surface area contributed by atoms with Gasteiger partial charge in [0, 0.05) is 42.7 Å². The van der Waals surface area contributed by atoms with Crippen LogP contribution in [0, 0.1) is 0 Å². The van der Waals surface area contributed by atoms with E-state index in [1.54, 1.807) is 18.2 Å². The molecule has 7 heteroatoms. The number of halogens is 1. The Balaban J connectivity index is 1.78. The van der Waals surface area contributed by atoms with Gasteiger partial charge in [0.25, 0.3) is 5.91 Å². The van der Waals surface area contributed by atoms with Crippen molar-refractivity contribution in [3.63, 3.8) is 0 Å². The molecule has 6 nitrogen and oxygen atoms in total. The molecule has 0 saturated carbocycles. The summed E-state index contributed by atoms with van der Waals surface area (Å²) < 4.78 is 11.3. The number of ketones is 2. The highest BCUT2D eigenvalue weighted by Gasteiger charge is 2.41. The average Bonchev–Trinajstić information content (AvgIpc) is 2.66. The number of amides is 1. The third-order valence-corrected chi connectivity index (χ3v) is 5.60. The SMILES string of the molecule is NC(=O)COc1ccc(C2C3=C(CCCC3=O)OC3=C2C(=O)CCC3)cc1Cl. The number of nitrogens with two attached hydrogens (primary N) is 1. The van der Waals surface area contributed by atoms with Crippen LogP contribution in [-0.4, -0.2) is 24.1 Å². The van der Waals surface area contributed by atoms with Crippen molar-refractivity contribution in [2.75, 3.05) is 6.61 Å². The Morgan fingerprint density at radius 3 is 2.21 bits per heavy atom. The monoisotopic (exact) mass is 401 g/mol. The standard InChI is InChI=1S/C21H20ClNO5/c22-12-9-11(7-8-15(12)27-10-18(23)26)19-20-13(24)3-1-5-16(20)28-17-6-2-4-14(25)21(17)19/h7-9,19H,1-6,10H2,(H2,23,26). The molecule has 1 aliphatic heterocycles. The van der Waals surface area contributed by atoms with Crippen molar-refractivity contribution in [3.05, 3.63) is 51.4 Å². The molecule has 0 aromatic heterocycles. The normalized spacial score (nSPS) is 19.9. The summed E-state index contributed by atoms with van der Waals surface area (Å²) in [6.45, 7) is -0.280. The Morgan fingerprint density at radius 1 is 1.07 bits per heavy atom. The molecule has 1 heterocycles. The number of Topliss-reactive ketones (excluding diaryl/α,β-unsaturated/α-hetero) is 2. The van der Waals surface area contributed by atoms with Gasteiger partial charge >= 0.3 is 0 Å². The third-order valence-electron chi connectivity index (χ3n) is 5.30. The van der Waals surface area contributed by atoms with Crippen molar-refractivity contribution in [2.24, 2.45) is 5.73 Å². The summed E-state index contributed by atoms with van der Waals surface area (Å²) in [6.07, 6.45) is 3.78. The first-order valence-corrected chi connectivity index (χ1v) is 9.74. The lowest BCUT2D eigenvalue weighted by Crippen LogP contribution is -2.30. The van der Waals surface area contributed by atoms with Gasteiger partial charge in [-0.2, -0.15) is 0 Å². The summed E-state index contributed by atoms with van der Waals surface area (Å²) in [7, 11) is 0. The lowest BCUT2D eigenvalue weighted by atomic mass is 9.73. The van der Waals surface area contributed by atoms with Gasteiger partial charge in [-0.25, -0.2) is 0 Å². The summed E-state index contributed by atoms with van der Waals surface area (Å²) in [5, 5.41) is 0.293. The van der Waals surface area contributed by atoms with Crippen LogP contribution in [0.25, 0.3) is 0 Å². The highest BCUT2D eigenvalue weighted by atomic mass is 35.5. The summed E-state index contributed by atoms with van der Waals surface area (Å²) in [4.78, 5) is 36.4. The van der Waals surface area contributed by atoms with Gasteiger partial charge in [0.1, 0.15) is 17.3 Å². The number of hydrogen-bond donors (Lipinski definition) is 1. The molecular formula is C21H20ClNO5. The van der Waals surface area contributed by atoms with Crippen LogP contribution in [0.2, 0.25) is 5.02 Å². The number of rotatable bonds is 4. The Kier molecular flexibility index (Phi) is 4.98. The zero-order chi connectivity index (χ0) is 19.8. The maximum absolute atomic E-state index is 12.7. The van der Waals surface area contributed by atoms with Gasteiger partial charge in [-0.15, -0.1) is 0 Å². The van der Waals surface area contributed by atoms with Gasteiger partial charge in [0.05, 0.1) is 5.02 Å². The lowest BCUT2D eigenvalue weighted by molar-refractivity contribution is -0.120. The number of ether oxygens (including phenoxy) is 2. The fourth-order valence-electron chi connectivity index (χ4n) is 4.11. The molecule has 2 aliphatic carbocycles. The molecule has 0 atom stereocenters. The minimum atomic E-state index is -0.602. The zero-order valence-corrected chi connectivity index (χ0v) is 16.0. The molecular weight excluding hydrogens is 382 g/mol. The molecule has 146 valence electrons. The van der Waals surface area contributed by atoms with E-state index in [1.807, 2.05) is 0 Å². The Morgan fingerprint density at radius 2 is 1.68 bits per heavy atom. The highest BCUT2D eigenvalue weighted by Crippen LogP contribution is 2.48. The molecule has 28 heavy (non-hydrogen) atoms. The Bertz CT molecular complexity index is 904. The van der Waals surface area contributed by atoms with E-state index in [0.717, 1.165) is 18.4 Å². The fourth-order valence-corrected chi connectivity index (χ4v) is 4.36. The number of benzene rings is 1. The van der Waals surface area contributed by atoms with E-state index in [4.69, 9.17) is 26.8 Å². The van der Waals surface area contributed by atoms with E-state index >= 15 is 0 Å². The summed E-state index contributed by atoms with van der Waals surface area (Å²) in [6, 6.07) is 5.10. The van der Waals surface area contributed by atoms with Crippen LogP contribution in [-0.2, 0) is 19.1 Å². The third kappa shape index (κ3) is 3.33. The molecule has 0 unspecified atom stereocenters. The number of primary amides is 1. The van der Waals surface area contributed by atoms with Crippen molar-refractivity contribution in [1.82, 2.24) is 0 Å². The molecule has 0 saturated heterocycles. The van der Waals surface area contributed by atoms with E-state index in [2.05, 4.69) is 0 Å². The maximum atomic E-state index is 12.7. The minimum absolute atomic E-state index is 0.0151. The van der Waals surface area contributed by atoms with Crippen LogP contribution in [0.15, 0.2) is 40.9 Å². The second-order valence-electron chi connectivity index (χ2n) is 7.21. The van der Waals surface area contributed by atoms with Crippen LogP contribution in [0.3, 0.4) is 0 Å². The van der Waals surface area contributed by atoms with Crippen molar-refractivity contribution >= 4 is 29.1 Å². The summed E-state index contributed by atoms with van der Waals surface area (Å²) in [5.74, 6) is 0.642. The van der Waals surface area contributed by atoms with Crippen LogP contribution in [0.4, 0.5) is 0 Å². The van der Waals surface area contributed by atoms with E-state index in [9.17, 15) is 14.4 Å². The maximum Gasteiger partial charge on any atom is 0.255 e. The van der Waals surface area contributed by atoms with Crippen LogP contribution < -0.4 is 10.5 Å². The van der Waals surface area contributed by atoms with Crippen LogP contribution in [0.5, 0.6) is 5.75 Å². The van der Waals surface area contributed by atoms with Crippen molar-refractivity contribution < 1.29 is 23.9 Å². The van der Waals surface area contributed by atoms with Gasteiger partial charge in [0.15, 0.2) is 18.2 Å². The Labute approximate surface area is 167 Å². The van der Waals surface area contributed by atoms with Crippen molar-refractivity contribution in [2.45, 2.75) is 44.4 Å². The second-order valence-corrected chi connectivity index (χ2v) is 7.61. The van der Waals surface area contributed by atoms with E-state index in [-0.39, 0.29) is 18.2 Å². The minimum Gasteiger partial charge on any atom is -0.482 e. The number of carbonyl (C=O) groups excluding carboxylic acids is 3. The predicted octanol–water partition coefficient (Wildman–Crippen LogP) is 3.33. The highest BCUT2D eigenvalue weighted by molar-refractivity contribution is 6.32. The molecule has 0 bridgehead atoms. The number of hydrogen-bond acceptors (Lipinski definition) is 5. The van der Waals surface area contributed by atoms with Crippen LogP contribution >= 0.6 is 11.6 Å².